The minimum atomic E-state index is -1.71. The molecule has 0 atom stereocenters. The minimum absolute atomic E-state index is 0.196. The second-order valence-electron chi connectivity index (χ2n) is 10.6. The maximum absolute atomic E-state index is 13.6. The number of hydrogen-bond acceptors (Lipinski definition) is 3. The highest BCUT2D eigenvalue weighted by atomic mass is 28.3. The molecule has 0 saturated carbocycles. The molecule has 0 amide bonds. The molecule has 1 aliphatic heterocycles. The number of ether oxygens (including phenoxy) is 1. The third-order valence-corrected chi connectivity index (χ3v) is 6.75. The van der Waals surface area contributed by atoms with Crippen molar-refractivity contribution in [1.29, 1.82) is 0 Å². The van der Waals surface area contributed by atoms with Gasteiger partial charge in [-0.15, -0.1) is 5.54 Å². The van der Waals surface area contributed by atoms with Crippen LogP contribution in [0.3, 0.4) is 0 Å². The zero-order chi connectivity index (χ0) is 23.9. The first kappa shape index (κ1) is 24.2. The van der Waals surface area contributed by atoms with Gasteiger partial charge in [0, 0.05) is 5.56 Å². The lowest BCUT2D eigenvalue weighted by molar-refractivity contribution is -0.184. The molecular weight excluding hydrogens is 412 g/mol. The van der Waals surface area contributed by atoms with Gasteiger partial charge in [0.2, 0.25) is 0 Å². The van der Waals surface area contributed by atoms with E-state index in [1.807, 2.05) is 36.4 Å². The van der Waals surface area contributed by atoms with Gasteiger partial charge in [-0.05, 0) is 56.4 Å². The third-order valence-electron chi connectivity index (χ3n) is 5.87. The van der Waals surface area contributed by atoms with Gasteiger partial charge >= 0.3 is 0 Å². The lowest BCUT2D eigenvalue weighted by Gasteiger charge is -2.43. The Kier molecular flexibility index (Phi) is 6.39. The second-order valence-corrected chi connectivity index (χ2v) is 15.3. The third kappa shape index (κ3) is 4.65. The van der Waals surface area contributed by atoms with Crippen LogP contribution in [0.2, 0.25) is 19.6 Å². The SMILES string of the molecule is CCc1ccc(-c2ccccc2)c(C#C[Si](C)(C)C)c1C1C(=O)C(C)(C)OC(C)(C)C1=O. The Morgan fingerprint density at radius 1 is 0.906 bits per heavy atom. The molecule has 3 nitrogen and oxygen atoms in total. The van der Waals surface area contributed by atoms with Crippen LogP contribution in [0.5, 0.6) is 0 Å². The summed E-state index contributed by atoms with van der Waals surface area (Å²) in [6.07, 6.45) is 0.713. The molecule has 0 aromatic heterocycles. The van der Waals surface area contributed by atoms with Crippen LogP contribution in [0.4, 0.5) is 0 Å². The molecular formula is C28H34O3Si. The highest BCUT2D eigenvalue weighted by Crippen LogP contribution is 2.42. The molecule has 3 rings (SSSR count). The van der Waals surface area contributed by atoms with Gasteiger partial charge in [0.25, 0.3) is 0 Å². The van der Waals surface area contributed by atoms with Crippen molar-refractivity contribution >= 4 is 19.6 Å². The summed E-state index contributed by atoms with van der Waals surface area (Å²) in [6.45, 7) is 15.7. The quantitative estimate of drug-likeness (QED) is 0.332. The highest BCUT2D eigenvalue weighted by molar-refractivity contribution is 6.83. The van der Waals surface area contributed by atoms with Crippen molar-refractivity contribution in [1.82, 2.24) is 0 Å². The molecule has 1 fully saturated rings. The predicted octanol–water partition coefficient (Wildman–Crippen LogP) is 5.95. The van der Waals surface area contributed by atoms with E-state index in [1.54, 1.807) is 27.7 Å². The summed E-state index contributed by atoms with van der Waals surface area (Å²) < 4.78 is 5.95. The Balaban J connectivity index is 2.41. The van der Waals surface area contributed by atoms with Crippen molar-refractivity contribution in [3.63, 3.8) is 0 Å². The second kappa shape index (κ2) is 8.46. The van der Waals surface area contributed by atoms with E-state index >= 15 is 0 Å². The van der Waals surface area contributed by atoms with Crippen LogP contribution in [0.1, 0.15) is 57.2 Å². The normalized spacial score (nSPS) is 18.2. The Labute approximate surface area is 193 Å². The van der Waals surface area contributed by atoms with Crippen LogP contribution in [0.15, 0.2) is 42.5 Å². The molecule has 0 radical (unpaired) electrons. The van der Waals surface area contributed by atoms with Gasteiger partial charge < -0.3 is 4.74 Å². The van der Waals surface area contributed by atoms with Crippen molar-refractivity contribution < 1.29 is 14.3 Å². The number of ketones is 2. The fourth-order valence-corrected chi connectivity index (χ4v) is 4.86. The van der Waals surface area contributed by atoms with Crippen molar-refractivity contribution in [2.24, 2.45) is 0 Å². The molecule has 0 unspecified atom stereocenters. The molecule has 0 bridgehead atoms. The zero-order valence-corrected chi connectivity index (χ0v) is 21.6. The van der Waals surface area contributed by atoms with Gasteiger partial charge in [0.05, 0.1) is 0 Å². The van der Waals surface area contributed by atoms with Crippen LogP contribution >= 0.6 is 0 Å². The van der Waals surface area contributed by atoms with Gasteiger partial charge in [-0.25, -0.2) is 0 Å². The van der Waals surface area contributed by atoms with E-state index in [0.717, 1.165) is 27.8 Å². The number of aryl methyl sites for hydroxylation is 1. The van der Waals surface area contributed by atoms with E-state index in [4.69, 9.17) is 4.74 Å². The summed E-state index contributed by atoms with van der Waals surface area (Å²) in [5.41, 5.74) is 5.92. The molecule has 0 N–H and O–H groups in total. The summed E-state index contributed by atoms with van der Waals surface area (Å²) in [6, 6.07) is 14.2. The van der Waals surface area contributed by atoms with Crippen molar-refractivity contribution in [3.05, 3.63) is 59.2 Å². The Hall–Kier alpha value is -2.48. The largest absolute Gasteiger partial charge is 0.354 e. The number of carbonyl (C=O) groups excluding carboxylic acids is 2. The van der Waals surface area contributed by atoms with E-state index < -0.39 is 25.2 Å². The first-order valence-corrected chi connectivity index (χ1v) is 14.8. The summed E-state index contributed by atoms with van der Waals surface area (Å²) >= 11 is 0. The first-order valence-electron chi connectivity index (χ1n) is 11.3. The molecule has 1 saturated heterocycles. The van der Waals surface area contributed by atoms with E-state index in [-0.39, 0.29) is 11.6 Å². The number of Topliss-reactive ketones (excluding diaryl/α,β-unsaturated/α-hetero) is 2. The lowest BCUT2D eigenvalue weighted by Crippen LogP contribution is -2.58. The van der Waals surface area contributed by atoms with Crippen molar-refractivity contribution in [2.75, 3.05) is 0 Å². The van der Waals surface area contributed by atoms with Gasteiger partial charge in [-0.1, -0.05) is 74.9 Å². The monoisotopic (exact) mass is 446 g/mol. The smallest absolute Gasteiger partial charge is 0.179 e. The van der Waals surface area contributed by atoms with Crippen LogP contribution in [-0.4, -0.2) is 30.8 Å². The summed E-state index contributed by atoms with van der Waals surface area (Å²) in [7, 11) is -1.71. The fourth-order valence-electron chi connectivity index (χ4n) is 4.36. The molecule has 168 valence electrons. The summed E-state index contributed by atoms with van der Waals surface area (Å²) in [5.74, 6) is 2.17. The van der Waals surface area contributed by atoms with Crippen LogP contribution in [-0.2, 0) is 20.7 Å². The number of benzene rings is 2. The minimum Gasteiger partial charge on any atom is -0.354 e. The van der Waals surface area contributed by atoms with E-state index in [1.165, 1.54) is 0 Å². The molecule has 0 spiro atoms. The number of carbonyl (C=O) groups is 2. The highest BCUT2D eigenvalue weighted by Gasteiger charge is 2.54. The van der Waals surface area contributed by atoms with Crippen LogP contribution in [0.25, 0.3) is 11.1 Å². The number of rotatable bonds is 3. The molecule has 32 heavy (non-hydrogen) atoms. The van der Waals surface area contributed by atoms with E-state index in [0.29, 0.717) is 6.42 Å². The van der Waals surface area contributed by atoms with Crippen molar-refractivity contribution in [3.8, 4) is 22.6 Å². The van der Waals surface area contributed by atoms with E-state index in [9.17, 15) is 9.59 Å². The van der Waals surface area contributed by atoms with Gasteiger partial charge in [0.1, 0.15) is 25.2 Å². The standard InChI is InChI=1S/C28H34O3Si/c1-9-19-15-16-21(20-13-11-10-12-14-20)22(17-18-32(6,7)8)23(19)24-25(29)27(2,3)31-28(4,5)26(24)30/h10-16,24H,9H2,1-8H3. The van der Waals surface area contributed by atoms with Gasteiger partial charge in [0.15, 0.2) is 11.6 Å². The average molecular weight is 447 g/mol. The predicted molar refractivity (Wildman–Crippen MR) is 133 cm³/mol. The molecule has 0 aliphatic carbocycles. The number of hydrogen-bond donors (Lipinski definition) is 0. The van der Waals surface area contributed by atoms with Gasteiger partial charge in [-0.2, -0.15) is 0 Å². The molecule has 2 aromatic carbocycles. The Morgan fingerprint density at radius 3 is 1.97 bits per heavy atom. The fraction of sp³-hybridized carbons (Fsp3) is 0.429. The summed E-state index contributed by atoms with van der Waals surface area (Å²) in [5, 5.41) is 0. The van der Waals surface area contributed by atoms with Crippen LogP contribution in [0, 0.1) is 11.5 Å². The molecule has 2 aromatic rings. The molecule has 1 aliphatic rings. The Bertz CT molecular complexity index is 1080. The summed E-state index contributed by atoms with van der Waals surface area (Å²) in [4.78, 5) is 27.3. The maximum atomic E-state index is 13.6. The average Bonchev–Trinajstić information content (AvgIpc) is 2.70. The van der Waals surface area contributed by atoms with E-state index in [2.05, 4.69) is 44.1 Å². The topological polar surface area (TPSA) is 43.4 Å². The first-order chi connectivity index (χ1) is 14.8. The lowest BCUT2D eigenvalue weighted by atomic mass is 9.71. The van der Waals surface area contributed by atoms with Gasteiger partial charge in [-0.3, -0.25) is 9.59 Å². The Morgan fingerprint density at radius 2 is 1.47 bits per heavy atom. The van der Waals surface area contributed by atoms with Crippen molar-refractivity contribution in [2.45, 2.75) is 77.8 Å². The molecule has 4 heteroatoms. The zero-order valence-electron chi connectivity index (χ0n) is 20.6. The van der Waals surface area contributed by atoms with Crippen LogP contribution < -0.4 is 0 Å². The molecule has 1 heterocycles. The maximum Gasteiger partial charge on any atom is 0.179 e.